The van der Waals surface area contributed by atoms with Gasteiger partial charge in [0.05, 0.1) is 0 Å². The van der Waals surface area contributed by atoms with Crippen LogP contribution in [0.5, 0.6) is 0 Å². The molecule has 0 radical (unpaired) electrons. The van der Waals surface area contributed by atoms with Crippen molar-refractivity contribution in [1.29, 1.82) is 0 Å². The first-order valence-corrected chi connectivity index (χ1v) is 5.10. The lowest BCUT2D eigenvalue weighted by Gasteiger charge is -1.98. The molecule has 1 heterocycles. The van der Waals surface area contributed by atoms with Crippen LogP contribution in [0.15, 0.2) is 53.2 Å². The molecular weight excluding hydrogens is 221 g/mol. The summed E-state index contributed by atoms with van der Waals surface area (Å²) in [7, 11) is 0. The van der Waals surface area contributed by atoms with Crippen molar-refractivity contribution in [1.82, 2.24) is 0 Å². The van der Waals surface area contributed by atoms with Crippen molar-refractivity contribution in [2.45, 2.75) is 6.92 Å². The monoisotopic (exact) mass is 231 g/mol. The van der Waals surface area contributed by atoms with Gasteiger partial charge in [0.2, 0.25) is 5.90 Å². The average Bonchev–Trinajstić information content (AvgIpc) is 2.69. The predicted molar refractivity (Wildman–Crippen MR) is 61.9 cm³/mol. The molecule has 1 aliphatic heterocycles. The van der Waals surface area contributed by atoms with Gasteiger partial charge in [-0.2, -0.15) is 0 Å². The molecule has 0 saturated heterocycles. The fourth-order valence-electron chi connectivity index (χ4n) is 1.33. The molecule has 0 atom stereocenters. The van der Waals surface area contributed by atoms with Crippen LogP contribution in [0.2, 0.25) is 0 Å². The fourth-order valence-corrected chi connectivity index (χ4v) is 1.33. The molecule has 0 saturated carbocycles. The van der Waals surface area contributed by atoms with Gasteiger partial charge in [-0.25, -0.2) is 14.2 Å². The first-order chi connectivity index (χ1) is 8.20. The van der Waals surface area contributed by atoms with Crippen LogP contribution in [0.3, 0.4) is 0 Å². The van der Waals surface area contributed by atoms with Gasteiger partial charge in [0.1, 0.15) is 5.82 Å². The molecule has 0 spiro atoms. The number of hydrogen-bond acceptors (Lipinski definition) is 3. The Morgan fingerprint density at radius 1 is 1.29 bits per heavy atom. The Balaban J connectivity index is 2.30. The summed E-state index contributed by atoms with van der Waals surface area (Å²) in [6, 6.07) is 5.61. The van der Waals surface area contributed by atoms with Crippen LogP contribution in [0.25, 0.3) is 0 Å². The lowest BCUT2D eigenvalue weighted by atomic mass is 10.2. The molecular formula is C13H10FNO2. The highest BCUT2D eigenvalue weighted by Crippen LogP contribution is 2.16. The Bertz CT molecular complexity index is 527. The Kier molecular flexibility index (Phi) is 3.14. The number of ether oxygens (including phenoxy) is 1. The summed E-state index contributed by atoms with van der Waals surface area (Å²) in [4.78, 5) is 15.5. The second-order valence-electron chi connectivity index (χ2n) is 3.39. The van der Waals surface area contributed by atoms with Crippen LogP contribution < -0.4 is 0 Å². The van der Waals surface area contributed by atoms with Crippen molar-refractivity contribution in [3.63, 3.8) is 0 Å². The maximum atomic E-state index is 12.7. The largest absolute Gasteiger partial charge is 0.402 e. The van der Waals surface area contributed by atoms with E-state index in [1.165, 1.54) is 24.3 Å². The van der Waals surface area contributed by atoms with Gasteiger partial charge in [0, 0.05) is 5.56 Å². The van der Waals surface area contributed by atoms with Crippen molar-refractivity contribution in [3.8, 4) is 0 Å². The highest BCUT2D eigenvalue weighted by atomic mass is 19.1. The smallest absolute Gasteiger partial charge is 0.363 e. The van der Waals surface area contributed by atoms with Crippen molar-refractivity contribution >= 4 is 11.9 Å². The van der Waals surface area contributed by atoms with Gasteiger partial charge in [0.25, 0.3) is 0 Å². The second-order valence-corrected chi connectivity index (χ2v) is 3.39. The zero-order valence-corrected chi connectivity index (χ0v) is 9.18. The highest BCUT2D eigenvalue weighted by Gasteiger charge is 2.23. The summed E-state index contributed by atoms with van der Waals surface area (Å²) >= 11 is 0. The number of benzene rings is 1. The van der Waals surface area contributed by atoms with Crippen LogP contribution in [0.1, 0.15) is 12.5 Å². The lowest BCUT2D eigenvalue weighted by Crippen LogP contribution is -2.05. The van der Waals surface area contributed by atoms with E-state index >= 15 is 0 Å². The number of aliphatic imine (C=N–C) groups is 1. The zero-order chi connectivity index (χ0) is 12.3. The van der Waals surface area contributed by atoms with Crippen LogP contribution >= 0.6 is 0 Å². The maximum Gasteiger partial charge on any atom is 0.363 e. The molecule has 86 valence electrons. The average molecular weight is 231 g/mol. The van der Waals surface area contributed by atoms with Gasteiger partial charge in [-0.1, -0.05) is 12.2 Å². The van der Waals surface area contributed by atoms with E-state index in [9.17, 15) is 9.18 Å². The van der Waals surface area contributed by atoms with Crippen molar-refractivity contribution in [2.24, 2.45) is 4.99 Å². The van der Waals surface area contributed by atoms with E-state index in [1.54, 1.807) is 18.2 Å². The number of carbonyl (C=O) groups is 1. The molecule has 17 heavy (non-hydrogen) atoms. The molecule has 4 heteroatoms. The van der Waals surface area contributed by atoms with E-state index in [0.717, 1.165) is 0 Å². The lowest BCUT2D eigenvalue weighted by molar-refractivity contribution is -0.130. The fraction of sp³-hybridized carbons (Fsp3) is 0.0769. The third-order valence-electron chi connectivity index (χ3n) is 2.16. The van der Waals surface area contributed by atoms with E-state index in [-0.39, 0.29) is 17.4 Å². The number of esters is 1. The molecule has 2 rings (SSSR count). The van der Waals surface area contributed by atoms with Gasteiger partial charge in [-0.05, 0) is 37.3 Å². The highest BCUT2D eigenvalue weighted by molar-refractivity contribution is 6.11. The number of hydrogen-bond donors (Lipinski definition) is 0. The molecule has 0 fully saturated rings. The SMILES string of the molecule is CC=CC=C1N=C(c2ccc(F)cc2)OC1=O. The Morgan fingerprint density at radius 2 is 2.00 bits per heavy atom. The molecule has 0 aromatic heterocycles. The summed E-state index contributed by atoms with van der Waals surface area (Å²) in [5.41, 5.74) is 0.811. The summed E-state index contributed by atoms with van der Waals surface area (Å²) in [6.45, 7) is 1.84. The number of cyclic esters (lactones) is 1. The van der Waals surface area contributed by atoms with Gasteiger partial charge >= 0.3 is 5.97 Å². The molecule has 0 amide bonds. The van der Waals surface area contributed by atoms with Gasteiger partial charge in [-0.3, -0.25) is 0 Å². The maximum absolute atomic E-state index is 12.7. The van der Waals surface area contributed by atoms with E-state index in [2.05, 4.69) is 4.99 Å². The van der Waals surface area contributed by atoms with Crippen LogP contribution in [0, 0.1) is 5.82 Å². The van der Waals surface area contributed by atoms with Crippen molar-refractivity contribution in [3.05, 3.63) is 59.6 Å². The van der Waals surface area contributed by atoms with Gasteiger partial charge < -0.3 is 4.74 Å². The molecule has 1 aromatic carbocycles. The normalized spacial score (nSPS) is 17.6. The van der Waals surface area contributed by atoms with E-state index in [4.69, 9.17) is 4.74 Å². The molecule has 1 aliphatic rings. The Labute approximate surface area is 97.9 Å². The minimum Gasteiger partial charge on any atom is -0.402 e. The third-order valence-corrected chi connectivity index (χ3v) is 2.16. The van der Waals surface area contributed by atoms with Crippen LogP contribution in [-0.2, 0) is 9.53 Å². The molecule has 0 aliphatic carbocycles. The Hall–Kier alpha value is -2.23. The van der Waals surface area contributed by atoms with Crippen molar-refractivity contribution in [2.75, 3.05) is 0 Å². The van der Waals surface area contributed by atoms with Crippen LogP contribution in [-0.4, -0.2) is 11.9 Å². The van der Waals surface area contributed by atoms with Crippen LogP contribution in [0.4, 0.5) is 4.39 Å². The van der Waals surface area contributed by atoms with E-state index < -0.39 is 5.97 Å². The molecule has 3 nitrogen and oxygen atoms in total. The quantitative estimate of drug-likeness (QED) is 0.579. The zero-order valence-electron chi connectivity index (χ0n) is 9.18. The summed E-state index contributed by atoms with van der Waals surface area (Å²) in [5.74, 6) is -0.642. The number of carbonyl (C=O) groups excluding carboxylic acids is 1. The third kappa shape index (κ3) is 2.47. The number of rotatable bonds is 2. The standard InChI is InChI=1S/C13H10FNO2/c1-2-3-4-11-13(16)17-12(15-11)9-5-7-10(14)8-6-9/h2-8H,1H3. The predicted octanol–water partition coefficient (Wildman–Crippen LogP) is 2.59. The summed E-state index contributed by atoms with van der Waals surface area (Å²) in [5, 5.41) is 0. The van der Waals surface area contributed by atoms with E-state index in [1.807, 2.05) is 6.92 Å². The van der Waals surface area contributed by atoms with Crippen molar-refractivity contribution < 1.29 is 13.9 Å². The topological polar surface area (TPSA) is 38.7 Å². The number of nitrogens with zero attached hydrogens (tertiary/aromatic N) is 1. The minimum atomic E-state index is -0.498. The Morgan fingerprint density at radius 3 is 2.65 bits per heavy atom. The second kappa shape index (κ2) is 4.74. The molecule has 0 bridgehead atoms. The van der Waals surface area contributed by atoms with Gasteiger partial charge in [-0.15, -0.1) is 0 Å². The summed E-state index contributed by atoms with van der Waals surface area (Å²) < 4.78 is 17.7. The van der Waals surface area contributed by atoms with E-state index in [0.29, 0.717) is 5.56 Å². The molecule has 1 aromatic rings. The minimum absolute atomic E-state index is 0.200. The first-order valence-electron chi connectivity index (χ1n) is 5.10. The number of allylic oxidation sites excluding steroid dienone is 3. The van der Waals surface area contributed by atoms with Gasteiger partial charge in [0.15, 0.2) is 5.70 Å². The number of halogens is 1. The first kappa shape index (κ1) is 11.3. The molecule has 0 unspecified atom stereocenters. The molecule has 0 N–H and O–H groups in total. The summed E-state index contributed by atoms with van der Waals surface area (Å²) in [6.07, 6.45) is 5.05.